The van der Waals surface area contributed by atoms with E-state index in [1.807, 2.05) is 4.57 Å². The van der Waals surface area contributed by atoms with Crippen LogP contribution in [-0.4, -0.2) is 56.9 Å². The lowest BCUT2D eigenvalue weighted by Crippen LogP contribution is -2.38. The predicted molar refractivity (Wildman–Crippen MR) is 129 cm³/mol. The van der Waals surface area contributed by atoms with Crippen molar-refractivity contribution >= 4 is 21.7 Å². The van der Waals surface area contributed by atoms with Crippen LogP contribution in [-0.2, 0) is 29.4 Å². The summed E-state index contributed by atoms with van der Waals surface area (Å²) in [6, 6.07) is 7.54. The summed E-state index contributed by atoms with van der Waals surface area (Å²) in [4.78, 5) is 17.4. The molecule has 3 aromatic rings. The lowest BCUT2D eigenvalue weighted by atomic mass is 9.97. The number of carbonyl (C=O) groups excluding carboxylic acids is 1. The fourth-order valence-corrected chi connectivity index (χ4v) is 6.20. The highest BCUT2D eigenvalue weighted by atomic mass is 32.2. The van der Waals surface area contributed by atoms with Gasteiger partial charge in [-0.1, -0.05) is 6.07 Å². The number of anilines is 1. The number of hydrogen-bond donors (Lipinski definition) is 1. The molecule has 0 bridgehead atoms. The molecule has 4 heterocycles. The minimum Gasteiger partial charge on any atom is -0.307 e. The summed E-state index contributed by atoms with van der Waals surface area (Å²) in [5.74, 6) is -1.09. The van der Waals surface area contributed by atoms with Gasteiger partial charge in [0.25, 0.3) is 5.91 Å². The lowest BCUT2D eigenvalue weighted by Gasteiger charge is -2.28. The number of aromatic nitrogens is 4. The van der Waals surface area contributed by atoms with Crippen molar-refractivity contribution in [3.05, 3.63) is 58.7 Å². The summed E-state index contributed by atoms with van der Waals surface area (Å²) < 4.78 is 80.3. The van der Waals surface area contributed by atoms with Gasteiger partial charge in [-0.3, -0.25) is 4.79 Å². The second-order valence-corrected chi connectivity index (χ2v) is 11.5. The first-order valence-electron chi connectivity index (χ1n) is 12.0. The molecule has 0 saturated carbocycles. The van der Waals surface area contributed by atoms with Crippen molar-refractivity contribution in [1.82, 2.24) is 24.1 Å². The Bertz CT molecular complexity index is 1510. The van der Waals surface area contributed by atoms with Crippen LogP contribution in [0, 0.1) is 5.82 Å². The molecule has 0 saturated heterocycles. The zero-order chi connectivity index (χ0) is 27.2. The molecule has 2 aliphatic rings. The molecule has 1 amide bonds. The number of amides is 1. The Morgan fingerprint density at radius 1 is 1.16 bits per heavy atom. The number of nitrogens with zero attached hydrogens (tertiary/aromatic N) is 5. The number of alkyl halides is 3. The number of rotatable bonds is 6. The van der Waals surface area contributed by atoms with Crippen molar-refractivity contribution in [1.29, 1.82) is 0 Å². The molecule has 2 aromatic heterocycles. The third-order valence-electron chi connectivity index (χ3n) is 6.76. The molecule has 202 valence electrons. The summed E-state index contributed by atoms with van der Waals surface area (Å²) in [5, 5.41) is 11.0. The number of hydrogen-bond acceptors (Lipinski definition) is 6. The van der Waals surface area contributed by atoms with Gasteiger partial charge in [-0.25, -0.2) is 17.8 Å². The highest BCUT2D eigenvalue weighted by Crippen LogP contribution is 2.31. The average Bonchev–Trinajstić information content (AvgIpc) is 3.45. The van der Waals surface area contributed by atoms with E-state index < -0.39 is 40.1 Å². The van der Waals surface area contributed by atoms with Gasteiger partial charge in [-0.15, -0.1) is 10.2 Å². The maximum atomic E-state index is 14.8. The number of nitrogens with one attached hydrogen (secondary N) is 1. The van der Waals surface area contributed by atoms with E-state index in [2.05, 4.69) is 27.4 Å². The highest BCUT2D eigenvalue weighted by Gasteiger charge is 2.34. The summed E-state index contributed by atoms with van der Waals surface area (Å²) >= 11 is 0. The van der Waals surface area contributed by atoms with Crippen LogP contribution in [0.4, 0.5) is 23.4 Å². The van der Waals surface area contributed by atoms with Crippen molar-refractivity contribution < 1.29 is 30.8 Å². The normalized spacial score (nSPS) is 17.8. The molecule has 0 radical (unpaired) electrons. The number of halogens is 4. The number of benzene rings is 1. The molecule has 38 heavy (non-hydrogen) atoms. The fourth-order valence-electron chi connectivity index (χ4n) is 4.75. The Hall–Kier alpha value is -3.39. The van der Waals surface area contributed by atoms with E-state index >= 15 is 0 Å². The molecule has 0 spiro atoms. The van der Waals surface area contributed by atoms with Crippen molar-refractivity contribution in [2.75, 3.05) is 17.6 Å². The molecule has 1 atom stereocenters. The molecule has 1 N–H and O–H groups in total. The lowest BCUT2D eigenvalue weighted by molar-refractivity contribution is -0.130. The standard InChI is InChI=1S/C24H24F4N6O3S/c1-14-5-6-21-31-32-22(34(14)21)19-3-2-4-20(29-19)30-23(35)17-11-16-13-33(9-7-15(16)12-18(17)25)38(36,37)10-8-24(26,27)28/h2-4,11-12,14H,5-10,13H2,1H3,(H,29,30,35)/t14-/m1/s1. The number of carbonyl (C=O) groups is 1. The summed E-state index contributed by atoms with van der Waals surface area (Å²) in [5.41, 5.74) is 1.01. The monoisotopic (exact) mass is 552 g/mol. The Labute approximate surface area is 215 Å². The minimum absolute atomic E-state index is 0.0696. The fraction of sp³-hybridized carbons (Fsp3) is 0.417. The topological polar surface area (TPSA) is 110 Å². The largest absolute Gasteiger partial charge is 0.390 e. The number of aryl methyl sites for hydroxylation is 1. The van der Waals surface area contributed by atoms with Crippen LogP contribution in [0.1, 0.15) is 53.1 Å². The van der Waals surface area contributed by atoms with Crippen LogP contribution >= 0.6 is 0 Å². The van der Waals surface area contributed by atoms with E-state index in [1.54, 1.807) is 12.1 Å². The van der Waals surface area contributed by atoms with Gasteiger partial charge >= 0.3 is 6.18 Å². The molecule has 5 rings (SSSR count). The van der Waals surface area contributed by atoms with Crippen LogP contribution < -0.4 is 5.32 Å². The molecular weight excluding hydrogens is 528 g/mol. The summed E-state index contributed by atoms with van der Waals surface area (Å²) in [7, 11) is -4.19. The van der Waals surface area contributed by atoms with Crippen molar-refractivity contribution in [2.45, 2.75) is 51.4 Å². The Balaban J connectivity index is 1.34. The van der Waals surface area contributed by atoms with E-state index in [4.69, 9.17) is 0 Å². The first-order chi connectivity index (χ1) is 17.9. The van der Waals surface area contributed by atoms with Gasteiger partial charge in [0.15, 0.2) is 5.82 Å². The molecule has 0 unspecified atom stereocenters. The predicted octanol–water partition coefficient (Wildman–Crippen LogP) is 3.88. The van der Waals surface area contributed by atoms with Crippen LogP contribution in [0.3, 0.4) is 0 Å². The van der Waals surface area contributed by atoms with Crippen molar-refractivity contribution in [3.8, 4) is 11.5 Å². The minimum atomic E-state index is -4.60. The molecule has 14 heteroatoms. The van der Waals surface area contributed by atoms with E-state index in [9.17, 15) is 30.8 Å². The van der Waals surface area contributed by atoms with Gasteiger partial charge in [0.2, 0.25) is 10.0 Å². The summed E-state index contributed by atoms with van der Waals surface area (Å²) in [6.07, 6.45) is -4.20. The molecular formula is C24H24F4N6O3S. The van der Waals surface area contributed by atoms with Crippen molar-refractivity contribution in [2.24, 2.45) is 0 Å². The molecule has 1 aromatic carbocycles. The first-order valence-corrected chi connectivity index (χ1v) is 13.6. The Morgan fingerprint density at radius 2 is 1.95 bits per heavy atom. The smallest absolute Gasteiger partial charge is 0.307 e. The van der Waals surface area contributed by atoms with Gasteiger partial charge in [0.05, 0.1) is 17.7 Å². The molecule has 0 fully saturated rings. The molecule has 9 nitrogen and oxygen atoms in total. The van der Waals surface area contributed by atoms with Gasteiger partial charge in [-0.05, 0) is 55.2 Å². The Kier molecular flexibility index (Phi) is 6.71. The van der Waals surface area contributed by atoms with E-state index in [0.717, 1.165) is 29.0 Å². The van der Waals surface area contributed by atoms with Crippen LogP contribution in [0.2, 0.25) is 0 Å². The third-order valence-corrected chi connectivity index (χ3v) is 8.58. The van der Waals surface area contributed by atoms with Crippen LogP contribution in [0.5, 0.6) is 0 Å². The molecule has 2 aliphatic heterocycles. The van der Waals surface area contributed by atoms with Crippen molar-refractivity contribution in [3.63, 3.8) is 0 Å². The Morgan fingerprint density at radius 3 is 2.71 bits per heavy atom. The van der Waals surface area contributed by atoms with Crippen LogP contribution in [0.15, 0.2) is 30.3 Å². The highest BCUT2D eigenvalue weighted by molar-refractivity contribution is 7.89. The maximum absolute atomic E-state index is 14.8. The SMILES string of the molecule is C[C@@H]1CCc2nnc(-c3cccc(NC(=O)c4cc5c(cc4F)CCN(S(=O)(=O)CCC(F)(F)F)C5)n3)n21. The zero-order valence-corrected chi connectivity index (χ0v) is 21.1. The third kappa shape index (κ3) is 5.27. The maximum Gasteiger partial charge on any atom is 0.390 e. The number of sulfonamides is 1. The zero-order valence-electron chi connectivity index (χ0n) is 20.3. The first kappa shape index (κ1) is 26.2. The van der Waals surface area contributed by atoms with E-state index in [0.29, 0.717) is 22.6 Å². The van der Waals surface area contributed by atoms with E-state index in [1.165, 1.54) is 12.1 Å². The second kappa shape index (κ2) is 9.73. The van der Waals surface area contributed by atoms with Gasteiger partial charge in [-0.2, -0.15) is 17.5 Å². The quantitative estimate of drug-likeness (QED) is 0.465. The number of fused-ring (bicyclic) bond motifs is 2. The summed E-state index contributed by atoms with van der Waals surface area (Å²) in [6.45, 7) is 1.73. The van der Waals surface area contributed by atoms with Gasteiger partial charge in [0, 0.05) is 25.6 Å². The van der Waals surface area contributed by atoms with E-state index in [-0.39, 0.29) is 36.9 Å². The average molecular weight is 553 g/mol. The second-order valence-electron chi connectivity index (χ2n) is 9.43. The number of pyridine rings is 1. The van der Waals surface area contributed by atoms with Gasteiger partial charge < -0.3 is 9.88 Å². The molecule has 0 aliphatic carbocycles. The van der Waals surface area contributed by atoms with Crippen LogP contribution in [0.25, 0.3) is 11.5 Å². The van der Waals surface area contributed by atoms with Gasteiger partial charge in [0.1, 0.15) is 23.2 Å².